The smallest absolute Gasteiger partial charge is 0.305 e. The summed E-state index contributed by atoms with van der Waals surface area (Å²) in [7, 11) is 1.37. The Labute approximate surface area is 161 Å². The van der Waals surface area contributed by atoms with Gasteiger partial charge < -0.3 is 9.84 Å². The molecule has 0 saturated carbocycles. The second kappa shape index (κ2) is 16.7. The van der Waals surface area contributed by atoms with Crippen LogP contribution in [0.25, 0.3) is 0 Å². The molecule has 0 aromatic rings. The first kappa shape index (κ1) is 22.8. The number of carbonyl (C=O) groups is 1. The minimum Gasteiger partial charge on any atom is -0.469 e. The Morgan fingerprint density at radius 1 is 1.21 bits per heavy atom. The molecule has 0 aliphatic heterocycles. The largest absolute Gasteiger partial charge is 0.469 e. The highest BCUT2D eigenvalue weighted by Crippen LogP contribution is 2.12. The number of ether oxygens (including phenoxy) is 1. The fourth-order valence-corrected chi connectivity index (χ4v) is 2.12. The number of aliphatic hydroxyl groups excluding tert-OH is 1. The fraction of sp³-hybridized carbons (Fsp3) is 0.526. The third kappa shape index (κ3) is 14.4. The number of allylic oxidation sites excluding steroid dienone is 1. The highest BCUT2D eigenvalue weighted by molar-refractivity contribution is 9.11. The van der Waals surface area contributed by atoms with Crippen LogP contribution >= 0.6 is 31.9 Å². The van der Waals surface area contributed by atoms with Gasteiger partial charge in [-0.25, -0.2) is 0 Å². The second-order valence-corrected chi connectivity index (χ2v) is 6.34. The van der Waals surface area contributed by atoms with Crippen molar-refractivity contribution in [1.82, 2.24) is 0 Å². The van der Waals surface area contributed by atoms with E-state index in [0.717, 1.165) is 19.3 Å². The van der Waals surface area contributed by atoms with Crippen LogP contribution in [0.5, 0.6) is 0 Å². The molecule has 0 spiro atoms. The molecule has 0 heterocycles. The topological polar surface area (TPSA) is 46.5 Å². The summed E-state index contributed by atoms with van der Waals surface area (Å²) in [6, 6.07) is 0. The van der Waals surface area contributed by atoms with Crippen molar-refractivity contribution in [3.63, 3.8) is 0 Å². The van der Waals surface area contributed by atoms with Crippen molar-refractivity contribution in [2.24, 2.45) is 0 Å². The maximum absolute atomic E-state index is 10.9. The normalized spacial score (nSPS) is 12.0. The van der Waals surface area contributed by atoms with Gasteiger partial charge in [-0.15, -0.1) is 0 Å². The van der Waals surface area contributed by atoms with Crippen LogP contribution in [0.3, 0.4) is 0 Å². The van der Waals surface area contributed by atoms with Gasteiger partial charge in [0.1, 0.15) is 4.83 Å². The number of alkyl halides is 1. The molecule has 5 heteroatoms. The van der Waals surface area contributed by atoms with Gasteiger partial charge in [-0.05, 0) is 48.6 Å². The van der Waals surface area contributed by atoms with Gasteiger partial charge in [-0.1, -0.05) is 55.5 Å². The molecule has 0 aliphatic carbocycles. The molecule has 0 unspecified atom stereocenters. The Kier molecular flexibility index (Phi) is 15.8. The molecule has 0 bridgehead atoms. The molecule has 0 aromatic carbocycles. The highest BCUT2D eigenvalue weighted by Gasteiger charge is 2.12. The van der Waals surface area contributed by atoms with Gasteiger partial charge in [-0.2, -0.15) is 0 Å². The van der Waals surface area contributed by atoms with Crippen molar-refractivity contribution in [2.75, 3.05) is 7.11 Å². The number of unbranched alkanes of at least 4 members (excludes halogenated alkanes) is 3. The number of aliphatic hydroxyl groups is 1. The van der Waals surface area contributed by atoms with Crippen molar-refractivity contribution in [3.8, 4) is 35.5 Å². The zero-order valence-electron chi connectivity index (χ0n) is 13.8. The lowest BCUT2D eigenvalue weighted by Gasteiger charge is -2.11. The van der Waals surface area contributed by atoms with E-state index in [2.05, 4.69) is 72.1 Å². The molecule has 0 aliphatic rings. The number of esters is 1. The quantitative estimate of drug-likeness (QED) is 0.260. The summed E-state index contributed by atoms with van der Waals surface area (Å²) < 4.78 is 4.54. The lowest BCUT2D eigenvalue weighted by Crippen LogP contribution is -2.18. The molecule has 3 nitrogen and oxygen atoms in total. The minimum absolute atomic E-state index is 0.225. The molecule has 0 amide bonds. The Hall–Kier alpha value is -1.19. The van der Waals surface area contributed by atoms with E-state index in [4.69, 9.17) is 0 Å². The maximum atomic E-state index is 10.9. The third-order valence-electron chi connectivity index (χ3n) is 2.91. The van der Waals surface area contributed by atoms with E-state index >= 15 is 0 Å². The van der Waals surface area contributed by atoms with Crippen LogP contribution in [0.1, 0.15) is 44.9 Å². The van der Waals surface area contributed by atoms with Crippen molar-refractivity contribution in [1.29, 1.82) is 0 Å². The molecular formula is C19H22Br2O3. The zero-order chi connectivity index (χ0) is 18.0. The average Bonchev–Trinajstić information content (AvgIpc) is 2.59. The Morgan fingerprint density at radius 2 is 1.96 bits per heavy atom. The third-order valence-corrected chi connectivity index (χ3v) is 4.01. The summed E-state index contributed by atoms with van der Waals surface area (Å²) >= 11 is 6.51. The number of rotatable bonds is 8. The summed E-state index contributed by atoms with van der Waals surface area (Å²) in [5.41, 5.74) is 0. The first-order chi connectivity index (χ1) is 11.6. The summed E-state index contributed by atoms with van der Waals surface area (Å²) in [5, 5.41) is 9.99. The number of methoxy groups -OCH3 is 1. The molecule has 2 atom stereocenters. The summed E-state index contributed by atoms with van der Waals surface area (Å²) in [6.07, 6.45) is 6.21. The summed E-state index contributed by atoms with van der Waals surface area (Å²) in [4.78, 5) is 12.3. The van der Waals surface area contributed by atoms with Gasteiger partial charge in [0.2, 0.25) is 0 Å². The van der Waals surface area contributed by atoms with Gasteiger partial charge in [0, 0.05) is 19.3 Å². The molecule has 24 heavy (non-hydrogen) atoms. The van der Waals surface area contributed by atoms with Crippen LogP contribution in [0, 0.1) is 35.5 Å². The summed E-state index contributed by atoms with van der Waals surface area (Å²) in [6.45, 7) is 0. The standard InChI is InChI=1S/C19H22Br2O3/c1-24-19(23)15-11-7-4-5-9-13-17(21)18(22)14-10-6-2-3-8-12-16-20/h12,16-18,22H,2,6-7,10-11,14-15H2,1H3/b16-12+/t17-,18+/m1/s1. The van der Waals surface area contributed by atoms with Crippen molar-refractivity contribution in [3.05, 3.63) is 11.1 Å². The zero-order valence-corrected chi connectivity index (χ0v) is 17.0. The van der Waals surface area contributed by atoms with Gasteiger partial charge in [0.15, 0.2) is 0 Å². The second-order valence-electron chi connectivity index (χ2n) is 4.83. The van der Waals surface area contributed by atoms with E-state index in [0.29, 0.717) is 25.7 Å². The average molecular weight is 458 g/mol. The predicted octanol–water partition coefficient (Wildman–Crippen LogP) is 3.93. The molecular weight excluding hydrogens is 436 g/mol. The van der Waals surface area contributed by atoms with Gasteiger partial charge in [0.05, 0.1) is 13.2 Å². The Bertz CT molecular complexity index is 565. The number of halogens is 2. The lowest BCUT2D eigenvalue weighted by atomic mass is 10.1. The van der Waals surface area contributed by atoms with E-state index in [9.17, 15) is 9.90 Å². The SMILES string of the molecule is COC(=O)CCCC#CC#C[C@@H](Br)[C@@H](O)CCCCC#C/C=C/Br. The van der Waals surface area contributed by atoms with Gasteiger partial charge in [0.25, 0.3) is 0 Å². The van der Waals surface area contributed by atoms with Crippen LogP contribution in [0.15, 0.2) is 11.1 Å². The van der Waals surface area contributed by atoms with E-state index in [-0.39, 0.29) is 10.8 Å². The van der Waals surface area contributed by atoms with E-state index in [1.165, 1.54) is 7.11 Å². The summed E-state index contributed by atoms with van der Waals surface area (Å²) in [5.74, 6) is 16.9. The number of hydrogen-bond donors (Lipinski definition) is 1. The van der Waals surface area contributed by atoms with Crippen LogP contribution in [0.2, 0.25) is 0 Å². The van der Waals surface area contributed by atoms with Gasteiger partial charge in [-0.3, -0.25) is 4.79 Å². The predicted molar refractivity (Wildman–Crippen MR) is 104 cm³/mol. The molecule has 0 fully saturated rings. The maximum Gasteiger partial charge on any atom is 0.305 e. The van der Waals surface area contributed by atoms with E-state index in [1.54, 1.807) is 11.1 Å². The van der Waals surface area contributed by atoms with Crippen molar-refractivity contribution in [2.45, 2.75) is 55.9 Å². The van der Waals surface area contributed by atoms with E-state index in [1.807, 2.05) is 0 Å². The van der Waals surface area contributed by atoms with Gasteiger partial charge >= 0.3 is 5.97 Å². The number of carbonyl (C=O) groups excluding carboxylic acids is 1. The Morgan fingerprint density at radius 3 is 2.67 bits per heavy atom. The highest BCUT2D eigenvalue weighted by atomic mass is 79.9. The van der Waals surface area contributed by atoms with Crippen LogP contribution < -0.4 is 0 Å². The molecule has 1 N–H and O–H groups in total. The van der Waals surface area contributed by atoms with Crippen molar-refractivity contribution >= 4 is 37.8 Å². The van der Waals surface area contributed by atoms with Crippen LogP contribution in [-0.2, 0) is 9.53 Å². The van der Waals surface area contributed by atoms with Crippen LogP contribution in [0.4, 0.5) is 0 Å². The minimum atomic E-state index is -0.519. The molecule has 0 aromatic heterocycles. The molecule has 0 rings (SSSR count). The van der Waals surface area contributed by atoms with Crippen molar-refractivity contribution < 1.29 is 14.6 Å². The first-order valence-electron chi connectivity index (χ1n) is 7.72. The molecule has 0 radical (unpaired) electrons. The lowest BCUT2D eigenvalue weighted by molar-refractivity contribution is -0.140. The molecule has 0 saturated heterocycles. The molecule has 130 valence electrons. The van der Waals surface area contributed by atoms with E-state index < -0.39 is 6.10 Å². The number of hydrogen-bond acceptors (Lipinski definition) is 3. The first-order valence-corrected chi connectivity index (χ1v) is 9.56. The fourth-order valence-electron chi connectivity index (χ4n) is 1.61. The Balaban J connectivity index is 3.89. The monoisotopic (exact) mass is 456 g/mol. The van der Waals surface area contributed by atoms with Crippen LogP contribution in [-0.4, -0.2) is 29.1 Å².